The van der Waals surface area contributed by atoms with Crippen LogP contribution in [0.2, 0.25) is 0 Å². The fraction of sp³-hybridized carbons (Fsp3) is 0.368. The van der Waals surface area contributed by atoms with E-state index in [0.717, 1.165) is 0 Å². The van der Waals surface area contributed by atoms with Gasteiger partial charge in [0.05, 0.1) is 12.7 Å². The molecule has 0 amide bonds. The van der Waals surface area contributed by atoms with Crippen molar-refractivity contribution >= 4 is 16.9 Å². The van der Waals surface area contributed by atoms with E-state index in [1.54, 1.807) is 18.2 Å². The number of benzene rings is 1. The summed E-state index contributed by atoms with van der Waals surface area (Å²) in [4.78, 5) is 23.8. The van der Waals surface area contributed by atoms with Crippen molar-refractivity contribution in [1.29, 1.82) is 0 Å². The van der Waals surface area contributed by atoms with Gasteiger partial charge in [0.1, 0.15) is 5.58 Å². The Bertz CT molecular complexity index is 830. The van der Waals surface area contributed by atoms with Gasteiger partial charge in [-0.15, -0.1) is 6.58 Å². The Kier molecular flexibility index (Phi) is 5.12. The first-order chi connectivity index (χ1) is 11.3. The van der Waals surface area contributed by atoms with Crippen LogP contribution >= 0.6 is 0 Å². The first kappa shape index (κ1) is 17.8. The molecule has 1 heterocycles. The Morgan fingerprint density at radius 3 is 2.67 bits per heavy atom. The minimum absolute atomic E-state index is 0.266. The topological polar surface area (TPSA) is 65.7 Å². The quantitative estimate of drug-likeness (QED) is 0.347. The van der Waals surface area contributed by atoms with E-state index in [1.807, 2.05) is 20.8 Å². The molecule has 24 heavy (non-hydrogen) atoms. The standard InChI is InChI=1S/C19H22O5/c1-6-8-14(20)24-18-13(22-5)11-12-9-10-15(21)23-17(12)16(18)19(3,4)7-2/h7,9-11H,2,6,8H2,1,3-5H3. The smallest absolute Gasteiger partial charge is 0.336 e. The predicted molar refractivity (Wildman–Crippen MR) is 92.8 cm³/mol. The molecule has 0 aliphatic rings. The van der Waals surface area contributed by atoms with Crippen LogP contribution in [-0.2, 0) is 10.2 Å². The number of hydrogen-bond donors (Lipinski definition) is 0. The highest BCUT2D eigenvalue weighted by Crippen LogP contribution is 2.44. The molecule has 5 nitrogen and oxygen atoms in total. The molecule has 2 rings (SSSR count). The zero-order chi connectivity index (χ0) is 17.9. The maximum atomic E-state index is 12.1. The third-order valence-corrected chi connectivity index (χ3v) is 3.87. The summed E-state index contributed by atoms with van der Waals surface area (Å²) in [6.07, 6.45) is 2.67. The van der Waals surface area contributed by atoms with Crippen LogP contribution in [0.15, 0.2) is 40.1 Å². The molecule has 0 aliphatic carbocycles. The Balaban J connectivity index is 2.85. The number of carbonyl (C=O) groups excluding carboxylic acids is 1. The van der Waals surface area contributed by atoms with Crippen molar-refractivity contribution < 1.29 is 18.7 Å². The summed E-state index contributed by atoms with van der Waals surface area (Å²) >= 11 is 0. The highest BCUT2D eigenvalue weighted by atomic mass is 16.6. The minimum atomic E-state index is -0.605. The molecule has 0 spiro atoms. The summed E-state index contributed by atoms with van der Waals surface area (Å²) in [5.74, 6) is 0.308. The van der Waals surface area contributed by atoms with Crippen LogP contribution in [0.1, 0.15) is 39.2 Å². The first-order valence-corrected chi connectivity index (χ1v) is 7.83. The second-order valence-corrected chi connectivity index (χ2v) is 6.11. The van der Waals surface area contributed by atoms with Gasteiger partial charge in [-0.1, -0.05) is 26.8 Å². The van der Waals surface area contributed by atoms with Crippen molar-refractivity contribution in [3.63, 3.8) is 0 Å². The van der Waals surface area contributed by atoms with Crippen LogP contribution in [0.4, 0.5) is 0 Å². The summed E-state index contributed by atoms with van der Waals surface area (Å²) < 4.78 is 16.4. The van der Waals surface area contributed by atoms with Crippen LogP contribution in [0.5, 0.6) is 11.5 Å². The van der Waals surface area contributed by atoms with Gasteiger partial charge in [-0.3, -0.25) is 4.79 Å². The van der Waals surface area contributed by atoms with Crippen molar-refractivity contribution in [3.05, 3.63) is 46.8 Å². The normalized spacial score (nSPS) is 11.3. The molecule has 5 heteroatoms. The molecule has 0 N–H and O–H groups in total. The van der Waals surface area contributed by atoms with Gasteiger partial charge in [0, 0.05) is 23.3 Å². The monoisotopic (exact) mass is 330 g/mol. The summed E-state index contributed by atoms with van der Waals surface area (Å²) in [6.45, 7) is 9.55. The highest BCUT2D eigenvalue weighted by Gasteiger charge is 2.30. The molecule has 128 valence electrons. The molecule has 0 bridgehead atoms. The fourth-order valence-electron chi connectivity index (χ4n) is 2.48. The second kappa shape index (κ2) is 6.91. The van der Waals surface area contributed by atoms with E-state index in [4.69, 9.17) is 13.9 Å². The lowest BCUT2D eigenvalue weighted by Crippen LogP contribution is -2.19. The Morgan fingerprint density at radius 1 is 1.38 bits per heavy atom. The number of hydrogen-bond acceptors (Lipinski definition) is 5. The summed E-state index contributed by atoms with van der Waals surface area (Å²) in [6, 6.07) is 4.69. The van der Waals surface area contributed by atoms with Crippen LogP contribution in [-0.4, -0.2) is 13.1 Å². The van der Waals surface area contributed by atoms with E-state index in [-0.39, 0.29) is 18.1 Å². The van der Waals surface area contributed by atoms with Crippen molar-refractivity contribution in [1.82, 2.24) is 0 Å². The lowest BCUT2D eigenvalue weighted by Gasteiger charge is -2.25. The third-order valence-electron chi connectivity index (χ3n) is 3.87. The van der Waals surface area contributed by atoms with E-state index < -0.39 is 11.0 Å². The number of methoxy groups -OCH3 is 1. The fourth-order valence-corrected chi connectivity index (χ4v) is 2.48. The third kappa shape index (κ3) is 3.35. The van der Waals surface area contributed by atoms with Gasteiger partial charge in [0.25, 0.3) is 0 Å². The van der Waals surface area contributed by atoms with Gasteiger partial charge >= 0.3 is 11.6 Å². The van der Waals surface area contributed by atoms with Crippen LogP contribution in [0.25, 0.3) is 11.0 Å². The highest BCUT2D eigenvalue weighted by molar-refractivity contribution is 5.88. The molecular formula is C19H22O5. The predicted octanol–water partition coefficient (Wildman–Crippen LogP) is 3.97. The van der Waals surface area contributed by atoms with Crippen molar-refractivity contribution in [2.45, 2.75) is 39.0 Å². The summed E-state index contributed by atoms with van der Waals surface area (Å²) in [7, 11) is 1.50. The van der Waals surface area contributed by atoms with E-state index in [0.29, 0.717) is 28.7 Å². The molecule has 1 aromatic carbocycles. The molecule has 0 saturated heterocycles. The van der Waals surface area contributed by atoms with Gasteiger partial charge < -0.3 is 13.9 Å². The largest absolute Gasteiger partial charge is 0.493 e. The molecule has 1 aromatic heterocycles. The number of carbonyl (C=O) groups is 1. The van der Waals surface area contributed by atoms with Crippen LogP contribution < -0.4 is 15.1 Å². The first-order valence-electron chi connectivity index (χ1n) is 7.83. The van der Waals surface area contributed by atoms with Gasteiger partial charge in [0.2, 0.25) is 0 Å². The second-order valence-electron chi connectivity index (χ2n) is 6.11. The average molecular weight is 330 g/mol. The minimum Gasteiger partial charge on any atom is -0.493 e. The molecular weight excluding hydrogens is 308 g/mol. The van der Waals surface area contributed by atoms with Crippen LogP contribution in [0, 0.1) is 0 Å². The van der Waals surface area contributed by atoms with Gasteiger partial charge in [0.15, 0.2) is 11.5 Å². The summed E-state index contributed by atoms with van der Waals surface area (Å²) in [5.41, 5.74) is -0.146. The molecule has 0 fully saturated rings. The van der Waals surface area contributed by atoms with E-state index in [1.165, 1.54) is 13.2 Å². The van der Waals surface area contributed by atoms with Crippen molar-refractivity contribution in [2.75, 3.05) is 7.11 Å². The molecule has 0 aliphatic heterocycles. The number of ether oxygens (including phenoxy) is 2. The van der Waals surface area contributed by atoms with E-state index in [9.17, 15) is 9.59 Å². The molecule has 0 atom stereocenters. The number of rotatable bonds is 6. The van der Waals surface area contributed by atoms with Crippen molar-refractivity contribution in [3.8, 4) is 11.5 Å². The zero-order valence-corrected chi connectivity index (χ0v) is 14.5. The maximum absolute atomic E-state index is 12.1. The maximum Gasteiger partial charge on any atom is 0.336 e. The Morgan fingerprint density at radius 2 is 2.08 bits per heavy atom. The van der Waals surface area contributed by atoms with Gasteiger partial charge in [-0.25, -0.2) is 4.79 Å². The summed E-state index contributed by atoms with van der Waals surface area (Å²) in [5, 5.41) is 0.687. The van der Waals surface area contributed by atoms with E-state index in [2.05, 4.69) is 6.58 Å². The Labute approximate surface area is 140 Å². The zero-order valence-electron chi connectivity index (χ0n) is 14.5. The SMILES string of the molecule is C=CC(C)(C)c1c(OC(=O)CCC)c(OC)cc2ccc(=O)oc12. The molecule has 0 saturated carbocycles. The van der Waals surface area contributed by atoms with Crippen molar-refractivity contribution in [2.24, 2.45) is 0 Å². The average Bonchev–Trinajstić information content (AvgIpc) is 2.54. The van der Waals surface area contributed by atoms with Gasteiger partial charge in [-0.05, 0) is 18.6 Å². The Hall–Kier alpha value is -2.56. The molecule has 0 radical (unpaired) electrons. The number of esters is 1. The lowest BCUT2D eigenvalue weighted by atomic mass is 9.83. The number of allylic oxidation sites excluding steroid dienone is 1. The number of fused-ring (bicyclic) bond motifs is 1. The molecule has 2 aromatic rings. The van der Waals surface area contributed by atoms with E-state index >= 15 is 0 Å². The van der Waals surface area contributed by atoms with Crippen LogP contribution in [0.3, 0.4) is 0 Å². The van der Waals surface area contributed by atoms with Gasteiger partial charge in [-0.2, -0.15) is 0 Å². The lowest BCUT2D eigenvalue weighted by molar-refractivity contribution is -0.134. The molecule has 0 unspecified atom stereocenters.